The van der Waals surface area contributed by atoms with Crippen LogP contribution < -0.4 is 0 Å². The van der Waals surface area contributed by atoms with Gasteiger partial charge in [-0.3, -0.25) is 0 Å². The van der Waals surface area contributed by atoms with Gasteiger partial charge in [0.15, 0.2) is 0 Å². The van der Waals surface area contributed by atoms with E-state index in [1.54, 1.807) is 0 Å². The van der Waals surface area contributed by atoms with Gasteiger partial charge in [-0.1, -0.05) is 41.5 Å². The lowest BCUT2D eigenvalue weighted by atomic mass is 9.92. The van der Waals surface area contributed by atoms with Crippen molar-refractivity contribution in [3.05, 3.63) is 0 Å². The predicted molar refractivity (Wildman–Crippen MR) is 63.1 cm³/mol. The van der Waals surface area contributed by atoms with E-state index in [0.29, 0.717) is 0 Å². The molecule has 1 nitrogen and oxygen atoms in total. The zero-order chi connectivity index (χ0) is 10.9. The second-order valence-corrected chi connectivity index (χ2v) is 3.67. The molecule has 13 heavy (non-hydrogen) atoms. The normalized spacial score (nSPS) is 27.9. The summed E-state index contributed by atoms with van der Waals surface area (Å²) >= 11 is 0. The lowest BCUT2D eigenvalue weighted by molar-refractivity contribution is 0.171. The monoisotopic (exact) mass is 187 g/mol. The average molecular weight is 187 g/mol. The third-order valence-corrected chi connectivity index (χ3v) is 2.05. The third kappa shape index (κ3) is 8.29. The van der Waals surface area contributed by atoms with Crippen molar-refractivity contribution in [1.29, 1.82) is 0 Å². The smallest absolute Gasteiger partial charge is 0.000419 e. The lowest BCUT2D eigenvalue weighted by Crippen LogP contribution is -2.35. The Hall–Kier alpha value is -0.0400. The fourth-order valence-electron chi connectivity index (χ4n) is 1.97. The van der Waals surface area contributed by atoms with Crippen LogP contribution in [0.5, 0.6) is 0 Å². The summed E-state index contributed by atoms with van der Waals surface area (Å²) in [4.78, 5) is 2.43. The molecule has 0 saturated carbocycles. The van der Waals surface area contributed by atoms with Crippen LogP contribution in [0.15, 0.2) is 0 Å². The van der Waals surface area contributed by atoms with Crippen LogP contribution >= 0.6 is 0 Å². The van der Waals surface area contributed by atoms with E-state index in [1.165, 1.54) is 19.5 Å². The van der Waals surface area contributed by atoms with E-state index in [0.717, 1.165) is 11.8 Å². The van der Waals surface area contributed by atoms with Gasteiger partial charge in [0.25, 0.3) is 0 Å². The Morgan fingerprint density at radius 1 is 0.846 bits per heavy atom. The van der Waals surface area contributed by atoms with Crippen molar-refractivity contribution in [3.63, 3.8) is 0 Å². The van der Waals surface area contributed by atoms with E-state index in [9.17, 15) is 0 Å². The Bertz CT molecular complexity index is 66.1. The van der Waals surface area contributed by atoms with Crippen LogP contribution in [0.3, 0.4) is 0 Å². The van der Waals surface area contributed by atoms with Gasteiger partial charge in [-0.25, -0.2) is 0 Å². The zero-order valence-corrected chi connectivity index (χ0v) is 10.7. The topological polar surface area (TPSA) is 3.24 Å². The summed E-state index contributed by atoms with van der Waals surface area (Å²) in [6.45, 7) is 15.3. The van der Waals surface area contributed by atoms with Gasteiger partial charge >= 0.3 is 0 Å². The quantitative estimate of drug-likeness (QED) is 0.559. The number of hydrogen-bond donors (Lipinski definition) is 0. The van der Waals surface area contributed by atoms with Gasteiger partial charge in [0, 0.05) is 13.1 Å². The Labute approximate surface area is 85.5 Å². The Kier molecular flexibility index (Phi) is 11.9. The largest absolute Gasteiger partial charge is 0.306 e. The van der Waals surface area contributed by atoms with Crippen molar-refractivity contribution >= 4 is 0 Å². The van der Waals surface area contributed by atoms with Crippen LogP contribution in [-0.2, 0) is 0 Å². The van der Waals surface area contributed by atoms with E-state index in [-0.39, 0.29) is 0 Å². The molecule has 0 aromatic heterocycles. The third-order valence-electron chi connectivity index (χ3n) is 2.05. The molecular formula is C12H29N. The standard InChI is InChI=1S/C8H17N.2C2H6/c1-7-4-8(2)6-9(3)5-7;2*1-2/h7-8H,4-6H2,1-3H3;2*1-2H3. The summed E-state index contributed by atoms with van der Waals surface area (Å²) < 4.78 is 0. The molecular weight excluding hydrogens is 158 g/mol. The molecule has 0 spiro atoms. The van der Waals surface area contributed by atoms with Gasteiger partial charge in [-0.2, -0.15) is 0 Å². The summed E-state index contributed by atoms with van der Waals surface area (Å²) in [6, 6.07) is 0. The SMILES string of the molecule is CC.CC.CC1CC(C)CN(C)C1. The van der Waals surface area contributed by atoms with Crippen molar-refractivity contribution in [2.45, 2.75) is 48.0 Å². The molecule has 1 heteroatoms. The van der Waals surface area contributed by atoms with E-state index in [1.807, 2.05) is 27.7 Å². The van der Waals surface area contributed by atoms with Crippen molar-refractivity contribution in [3.8, 4) is 0 Å². The molecule has 0 N–H and O–H groups in total. The summed E-state index contributed by atoms with van der Waals surface area (Å²) in [6.07, 6.45) is 1.42. The van der Waals surface area contributed by atoms with E-state index < -0.39 is 0 Å². The first-order valence-corrected chi connectivity index (χ1v) is 5.87. The minimum atomic E-state index is 0.916. The second kappa shape index (κ2) is 10.0. The van der Waals surface area contributed by atoms with Gasteiger partial charge < -0.3 is 4.90 Å². The molecule has 0 radical (unpaired) electrons. The van der Waals surface area contributed by atoms with Crippen molar-refractivity contribution in [2.24, 2.45) is 11.8 Å². The molecule has 0 aromatic carbocycles. The van der Waals surface area contributed by atoms with E-state index >= 15 is 0 Å². The highest BCUT2D eigenvalue weighted by Gasteiger charge is 2.17. The first-order valence-electron chi connectivity index (χ1n) is 5.87. The maximum atomic E-state index is 2.43. The number of piperidine rings is 1. The number of nitrogens with zero attached hydrogens (tertiary/aromatic N) is 1. The molecule has 0 amide bonds. The summed E-state index contributed by atoms with van der Waals surface area (Å²) in [5.41, 5.74) is 0. The van der Waals surface area contributed by atoms with Crippen LogP contribution in [0.25, 0.3) is 0 Å². The molecule has 1 saturated heterocycles. The number of hydrogen-bond acceptors (Lipinski definition) is 1. The van der Waals surface area contributed by atoms with Gasteiger partial charge in [0.2, 0.25) is 0 Å². The average Bonchev–Trinajstić information content (AvgIpc) is 2.09. The van der Waals surface area contributed by atoms with Crippen LogP contribution in [0.2, 0.25) is 0 Å². The Balaban J connectivity index is 0. The number of rotatable bonds is 0. The fourth-order valence-corrected chi connectivity index (χ4v) is 1.97. The minimum absolute atomic E-state index is 0.916. The Morgan fingerprint density at radius 3 is 1.38 bits per heavy atom. The molecule has 1 heterocycles. The predicted octanol–water partition coefficient (Wildman–Crippen LogP) is 3.65. The minimum Gasteiger partial charge on any atom is -0.306 e. The van der Waals surface area contributed by atoms with Crippen LogP contribution in [0.4, 0.5) is 0 Å². The van der Waals surface area contributed by atoms with E-state index in [2.05, 4.69) is 25.8 Å². The molecule has 0 bridgehead atoms. The lowest BCUT2D eigenvalue weighted by Gasteiger charge is -2.31. The molecule has 2 unspecified atom stereocenters. The van der Waals surface area contributed by atoms with Crippen molar-refractivity contribution in [2.75, 3.05) is 20.1 Å². The summed E-state index contributed by atoms with van der Waals surface area (Å²) in [7, 11) is 2.21. The molecule has 0 aliphatic carbocycles. The highest BCUT2D eigenvalue weighted by molar-refractivity contribution is 4.71. The Morgan fingerprint density at radius 2 is 1.15 bits per heavy atom. The van der Waals surface area contributed by atoms with Gasteiger partial charge in [0.1, 0.15) is 0 Å². The zero-order valence-electron chi connectivity index (χ0n) is 10.7. The summed E-state index contributed by atoms with van der Waals surface area (Å²) in [5.74, 6) is 1.83. The molecule has 1 rings (SSSR count). The van der Waals surface area contributed by atoms with Gasteiger partial charge in [-0.15, -0.1) is 0 Å². The fraction of sp³-hybridized carbons (Fsp3) is 1.00. The molecule has 1 aliphatic rings. The molecule has 82 valence electrons. The second-order valence-electron chi connectivity index (χ2n) is 3.67. The van der Waals surface area contributed by atoms with Crippen LogP contribution in [0.1, 0.15) is 48.0 Å². The summed E-state index contributed by atoms with van der Waals surface area (Å²) in [5, 5.41) is 0. The van der Waals surface area contributed by atoms with Crippen molar-refractivity contribution in [1.82, 2.24) is 4.90 Å². The maximum Gasteiger partial charge on any atom is 0.000419 e. The molecule has 0 aromatic rings. The number of likely N-dealkylation sites (tertiary alicyclic amines) is 1. The van der Waals surface area contributed by atoms with Crippen LogP contribution in [-0.4, -0.2) is 25.0 Å². The van der Waals surface area contributed by atoms with Crippen molar-refractivity contribution < 1.29 is 0 Å². The van der Waals surface area contributed by atoms with Gasteiger partial charge in [0.05, 0.1) is 0 Å². The first-order chi connectivity index (χ1) is 6.18. The molecule has 2 atom stereocenters. The highest BCUT2D eigenvalue weighted by Crippen LogP contribution is 2.18. The molecule has 1 fully saturated rings. The first kappa shape index (κ1) is 15.4. The molecule has 1 aliphatic heterocycles. The van der Waals surface area contributed by atoms with Gasteiger partial charge in [-0.05, 0) is 25.3 Å². The highest BCUT2D eigenvalue weighted by atomic mass is 15.1. The van der Waals surface area contributed by atoms with Crippen LogP contribution in [0, 0.1) is 11.8 Å². The van der Waals surface area contributed by atoms with E-state index in [4.69, 9.17) is 0 Å². The maximum absolute atomic E-state index is 2.43.